The molecule has 0 aliphatic heterocycles. The maximum atomic E-state index is 8.40. The van der Waals surface area contributed by atoms with Gasteiger partial charge in [-0.05, 0) is 72.0 Å². The van der Waals surface area contributed by atoms with Crippen LogP contribution in [0.4, 0.5) is 0 Å². The molecule has 0 amide bonds. The molecule has 0 aromatic rings. The lowest BCUT2D eigenvalue weighted by Gasteiger charge is -2.37. The molecule has 2 aliphatic rings. The predicted octanol–water partition coefficient (Wildman–Crippen LogP) is 9.30. The van der Waals surface area contributed by atoms with E-state index in [0.717, 1.165) is 24.7 Å². The van der Waals surface area contributed by atoms with E-state index in [9.17, 15) is 0 Å². The minimum absolute atomic E-state index is 0.300. The van der Waals surface area contributed by atoms with Crippen molar-refractivity contribution in [2.24, 2.45) is 33.5 Å². The predicted molar refractivity (Wildman–Crippen MR) is 134 cm³/mol. The molecule has 2 aliphatic carbocycles. The lowest BCUT2D eigenvalue weighted by Crippen LogP contribution is -2.26. The van der Waals surface area contributed by atoms with Crippen LogP contribution in [0.5, 0.6) is 0 Å². The maximum absolute atomic E-state index is 8.40. The van der Waals surface area contributed by atoms with Crippen LogP contribution in [0.1, 0.15) is 128 Å². The number of hydrogen-bond acceptors (Lipinski definition) is 1. The second-order valence-electron chi connectivity index (χ2n) is 13.7. The van der Waals surface area contributed by atoms with Gasteiger partial charge in [0.1, 0.15) is 0 Å². The summed E-state index contributed by atoms with van der Waals surface area (Å²) >= 11 is 0. The van der Waals surface area contributed by atoms with Gasteiger partial charge in [0.2, 0.25) is 0 Å². The van der Waals surface area contributed by atoms with Crippen molar-refractivity contribution in [3.05, 3.63) is 12.7 Å². The van der Waals surface area contributed by atoms with Crippen molar-refractivity contribution in [3.63, 3.8) is 0 Å². The average Bonchev–Trinajstić information content (AvgIpc) is 3.16. The van der Waals surface area contributed by atoms with E-state index < -0.39 is 0 Å². The first-order chi connectivity index (χ1) is 12.8. The fraction of sp³-hybridized carbons (Fsp3) is 0.929. The van der Waals surface area contributed by atoms with E-state index in [-0.39, 0.29) is 0 Å². The fourth-order valence-corrected chi connectivity index (χ4v) is 2.99. The molecule has 0 atom stereocenters. The molecule has 1 heteroatoms. The first-order valence-corrected chi connectivity index (χ1v) is 12.1. The molecule has 0 saturated heterocycles. The molecule has 0 aromatic heterocycles. The Morgan fingerprint density at radius 3 is 1.07 bits per heavy atom. The minimum Gasteiger partial charge on any atom is -0.396 e. The zero-order valence-electron chi connectivity index (χ0n) is 22.5. The Morgan fingerprint density at radius 1 is 0.690 bits per heavy atom. The molecule has 176 valence electrons. The van der Waals surface area contributed by atoms with Crippen LogP contribution >= 0.6 is 0 Å². The Bertz CT molecular complexity index is 398. The molecular formula is C28H58O. The summed E-state index contributed by atoms with van der Waals surface area (Å²) in [5.74, 6) is 2.08. The van der Waals surface area contributed by atoms with Crippen molar-refractivity contribution in [2.75, 3.05) is 6.61 Å². The third kappa shape index (κ3) is 22.2. The van der Waals surface area contributed by atoms with Crippen molar-refractivity contribution in [3.8, 4) is 0 Å². The summed E-state index contributed by atoms with van der Waals surface area (Å²) in [5.41, 5.74) is 1.94. The third-order valence-electron chi connectivity index (χ3n) is 5.75. The number of allylic oxidation sites excluding steroid dienone is 1. The number of aliphatic hydroxyl groups excluding tert-OH is 1. The van der Waals surface area contributed by atoms with Gasteiger partial charge in [-0.1, -0.05) is 95.6 Å². The molecule has 1 N–H and O–H groups in total. The molecule has 0 unspecified atom stereocenters. The molecule has 0 aromatic carbocycles. The zero-order chi connectivity index (χ0) is 23.5. The monoisotopic (exact) mass is 410 g/mol. The molecular weight excluding hydrogens is 352 g/mol. The Balaban J connectivity index is 0. The molecule has 2 rings (SSSR count). The average molecular weight is 411 g/mol. The minimum atomic E-state index is 0.300. The van der Waals surface area contributed by atoms with Gasteiger partial charge in [0.25, 0.3) is 0 Å². The molecule has 1 nitrogen and oxygen atoms in total. The second-order valence-corrected chi connectivity index (χ2v) is 13.7. The van der Waals surface area contributed by atoms with Gasteiger partial charge in [0.15, 0.2) is 0 Å². The third-order valence-corrected chi connectivity index (χ3v) is 5.75. The van der Waals surface area contributed by atoms with Crippen LogP contribution in [0.3, 0.4) is 0 Å². The number of aliphatic hydroxyl groups is 1. The summed E-state index contributed by atoms with van der Waals surface area (Å²) in [7, 11) is 0. The molecule has 0 radical (unpaired) electrons. The van der Waals surface area contributed by atoms with Crippen LogP contribution in [0, 0.1) is 33.5 Å². The van der Waals surface area contributed by atoms with Crippen LogP contribution in [0.25, 0.3) is 0 Å². The Labute approximate surface area is 186 Å². The Kier molecular flexibility index (Phi) is 14.0. The van der Waals surface area contributed by atoms with Crippen molar-refractivity contribution >= 4 is 0 Å². The summed E-state index contributed by atoms with van der Waals surface area (Å²) in [6.07, 6.45) is 11.3. The smallest absolute Gasteiger partial charge is 0.0436 e. The van der Waals surface area contributed by atoms with Gasteiger partial charge in [-0.15, -0.1) is 6.58 Å². The summed E-state index contributed by atoms with van der Waals surface area (Å²) < 4.78 is 0. The number of rotatable bonds is 2. The highest BCUT2D eigenvalue weighted by Crippen LogP contribution is 2.44. The van der Waals surface area contributed by atoms with Gasteiger partial charge >= 0.3 is 0 Å². The van der Waals surface area contributed by atoms with Crippen LogP contribution in [0.15, 0.2) is 12.7 Å². The number of hydrogen-bond donors (Lipinski definition) is 1. The quantitative estimate of drug-likeness (QED) is 0.449. The van der Waals surface area contributed by atoms with E-state index in [4.69, 9.17) is 5.11 Å². The van der Waals surface area contributed by atoms with Gasteiger partial charge in [-0.25, -0.2) is 0 Å². The first-order valence-electron chi connectivity index (χ1n) is 12.1. The topological polar surface area (TPSA) is 20.2 Å². The lowest BCUT2D eigenvalue weighted by molar-refractivity contribution is 0.141. The molecule has 29 heavy (non-hydrogen) atoms. The largest absolute Gasteiger partial charge is 0.396 e. The normalized spacial score (nSPS) is 17.4. The van der Waals surface area contributed by atoms with Crippen molar-refractivity contribution in [1.82, 2.24) is 0 Å². The van der Waals surface area contributed by atoms with Gasteiger partial charge in [-0.2, -0.15) is 0 Å². The summed E-state index contributed by atoms with van der Waals surface area (Å²) in [5, 5.41) is 8.40. The molecule has 2 fully saturated rings. The highest BCUT2D eigenvalue weighted by molar-refractivity contribution is 4.84. The standard InChI is InChI=1S/C8H16.2C7H14.C6H14O/c1-8(2,3)7-5-4-6-7;1-7(2,3)6-4-5-6;1-5-6-7(2,3)4;1-6(2,3)4-5-7/h7H,4-6H2,1-3H3;6H,4-5H2,1-3H3;5H,1,6H2,2-4H3;7H,4-5H2,1-3H3. The SMILES string of the molecule is C=CCC(C)(C)C.CC(C)(C)C1CC1.CC(C)(C)C1CCC1.CC(C)(C)CCO. The van der Waals surface area contributed by atoms with E-state index in [2.05, 4.69) is 89.7 Å². The molecule has 0 bridgehead atoms. The molecule has 0 heterocycles. The van der Waals surface area contributed by atoms with Crippen LogP contribution in [-0.2, 0) is 0 Å². The van der Waals surface area contributed by atoms with Gasteiger partial charge in [0.05, 0.1) is 0 Å². The molecule has 2 saturated carbocycles. The highest BCUT2D eigenvalue weighted by atomic mass is 16.3. The van der Waals surface area contributed by atoms with Crippen molar-refractivity contribution in [1.29, 1.82) is 0 Å². The summed E-state index contributed by atoms with van der Waals surface area (Å²) in [6.45, 7) is 30.9. The van der Waals surface area contributed by atoms with Gasteiger partial charge < -0.3 is 5.11 Å². The summed E-state index contributed by atoms with van der Waals surface area (Å²) in [6, 6.07) is 0. The molecule has 0 spiro atoms. The van der Waals surface area contributed by atoms with E-state index in [1.54, 1.807) is 0 Å². The zero-order valence-corrected chi connectivity index (χ0v) is 22.5. The van der Waals surface area contributed by atoms with Crippen molar-refractivity contribution in [2.45, 2.75) is 128 Å². The van der Waals surface area contributed by atoms with E-state index in [1.165, 1.54) is 32.1 Å². The van der Waals surface area contributed by atoms with Gasteiger partial charge in [-0.3, -0.25) is 0 Å². The lowest BCUT2D eigenvalue weighted by atomic mass is 9.69. The fourth-order valence-electron chi connectivity index (χ4n) is 2.99. The van der Waals surface area contributed by atoms with Crippen LogP contribution < -0.4 is 0 Å². The van der Waals surface area contributed by atoms with E-state index >= 15 is 0 Å². The van der Waals surface area contributed by atoms with E-state index in [0.29, 0.717) is 28.3 Å². The van der Waals surface area contributed by atoms with Crippen LogP contribution in [-0.4, -0.2) is 11.7 Å². The Hall–Kier alpha value is -0.300. The highest BCUT2D eigenvalue weighted by Gasteiger charge is 2.33. The van der Waals surface area contributed by atoms with Gasteiger partial charge in [0, 0.05) is 6.61 Å². The second kappa shape index (κ2) is 13.2. The van der Waals surface area contributed by atoms with Crippen molar-refractivity contribution < 1.29 is 5.11 Å². The maximum Gasteiger partial charge on any atom is 0.0436 e. The first kappa shape index (κ1) is 30.9. The summed E-state index contributed by atoms with van der Waals surface area (Å²) in [4.78, 5) is 0. The Morgan fingerprint density at radius 2 is 1.07 bits per heavy atom. The van der Waals surface area contributed by atoms with Crippen LogP contribution in [0.2, 0.25) is 0 Å². The van der Waals surface area contributed by atoms with E-state index in [1.807, 2.05) is 6.08 Å².